The second-order valence-electron chi connectivity index (χ2n) is 5.79. The van der Waals surface area contributed by atoms with Gasteiger partial charge in [0.25, 0.3) is 5.88 Å². The highest BCUT2D eigenvalue weighted by Gasteiger charge is 2.26. The van der Waals surface area contributed by atoms with Crippen molar-refractivity contribution >= 4 is 11.5 Å². The van der Waals surface area contributed by atoms with E-state index < -0.39 is 0 Å². The molecule has 2 heterocycles. The van der Waals surface area contributed by atoms with Crippen LogP contribution in [-0.2, 0) is 0 Å². The van der Waals surface area contributed by atoms with Gasteiger partial charge in [-0.05, 0) is 32.4 Å². The van der Waals surface area contributed by atoms with Crippen molar-refractivity contribution in [2.45, 2.75) is 32.4 Å². The molecule has 5 heteroatoms. The van der Waals surface area contributed by atoms with Gasteiger partial charge in [-0.3, -0.25) is 0 Å². The van der Waals surface area contributed by atoms with Crippen LogP contribution in [0.25, 0.3) is 0 Å². The highest BCUT2D eigenvalue weighted by atomic mass is 16.5. The molecule has 1 fully saturated rings. The lowest BCUT2D eigenvalue weighted by Gasteiger charge is -2.21. The normalized spacial score (nSPS) is 17.8. The molecule has 1 aromatic heterocycles. The summed E-state index contributed by atoms with van der Waals surface area (Å²) in [4.78, 5) is 11.0. The molecule has 0 aliphatic carbocycles. The molecular weight excluding hydrogens is 276 g/mol. The number of para-hydroxylation sites is 1. The summed E-state index contributed by atoms with van der Waals surface area (Å²) in [7, 11) is 0. The first-order valence-corrected chi connectivity index (χ1v) is 7.76. The molecule has 0 amide bonds. The maximum atomic E-state index is 5.78. The molecule has 5 nitrogen and oxygen atoms in total. The monoisotopic (exact) mass is 298 g/mol. The zero-order valence-electron chi connectivity index (χ0n) is 13.1. The van der Waals surface area contributed by atoms with Gasteiger partial charge in [0.1, 0.15) is 0 Å². The molecule has 1 aliphatic heterocycles. The van der Waals surface area contributed by atoms with E-state index in [0.29, 0.717) is 11.9 Å². The van der Waals surface area contributed by atoms with Crippen LogP contribution >= 0.6 is 0 Å². The van der Waals surface area contributed by atoms with Crippen LogP contribution in [0, 0.1) is 0 Å². The van der Waals surface area contributed by atoms with Gasteiger partial charge in [-0.25, -0.2) is 9.97 Å². The summed E-state index contributed by atoms with van der Waals surface area (Å²) in [5.74, 6) is 1.46. The number of hydrogen-bond acceptors (Lipinski definition) is 5. The molecule has 1 atom stereocenters. The minimum absolute atomic E-state index is 0.0938. The van der Waals surface area contributed by atoms with Crippen molar-refractivity contribution in [1.29, 1.82) is 0 Å². The molecule has 1 unspecified atom stereocenters. The molecule has 1 aromatic carbocycles. The second-order valence-corrected chi connectivity index (χ2v) is 5.79. The predicted molar refractivity (Wildman–Crippen MR) is 88.5 cm³/mol. The fourth-order valence-corrected chi connectivity index (χ4v) is 2.68. The molecule has 0 saturated carbocycles. The van der Waals surface area contributed by atoms with Crippen molar-refractivity contribution in [3.8, 4) is 5.88 Å². The van der Waals surface area contributed by atoms with Gasteiger partial charge in [-0.1, -0.05) is 18.2 Å². The Hall–Kier alpha value is -2.30. The van der Waals surface area contributed by atoms with Crippen LogP contribution in [-0.4, -0.2) is 35.2 Å². The van der Waals surface area contributed by atoms with E-state index in [0.717, 1.165) is 31.0 Å². The van der Waals surface area contributed by atoms with Gasteiger partial charge >= 0.3 is 0 Å². The van der Waals surface area contributed by atoms with E-state index in [1.807, 2.05) is 32.0 Å². The molecular formula is C17H22N4O. The van der Waals surface area contributed by atoms with E-state index in [4.69, 9.17) is 4.74 Å². The van der Waals surface area contributed by atoms with Crippen LogP contribution in [0.5, 0.6) is 5.88 Å². The number of ether oxygens (including phenoxy) is 1. The first kappa shape index (κ1) is 14.6. The largest absolute Gasteiger partial charge is 0.472 e. The van der Waals surface area contributed by atoms with Crippen LogP contribution in [0.2, 0.25) is 0 Å². The minimum atomic E-state index is 0.0938. The third-order valence-electron chi connectivity index (χ3n) is 3.63. The first-order chi connectivity index (χ1) is 10.7. The Balaban J connectivity index is 1.68. The van der Waals surface area contributed by atoms with Gasteiger partial charge in [0.15, 0.2) is 5.82 Å². The second kappa shape index (κ2) is 6.64. The molecule has 116 valence electrons. The molecule has 0 bridgehead atoms. The Bertz CT molecular complexity index is 603. The summed E-state index contributed by atoms with van der Waals surface area (Å²) in [6, 6.07) is 10.7. The molecule has 22 heavy (non-hydrogen) atoms. The average molecular weight is 298 g/mol. The van der Waals surface area contributed by atoms with Crippen molar-refractivity contribution in [1.82, 2.24) is 9.97 Å². The fraction of sp³-hybridized carbons (Fsp3) is 0.412. The third kappa shape index (κ3) is 3.47. The van der Waals surface area contributed by atoms with Crippen molar-refractivity contribution in [3.63, 3.8) is 0 Å². The Kier molecular flexibility index (Phi) is 4.42. The molecule has 0 spiro atoms. The van der Waals surface area contributed by atoms with Crippen molar-refractivity contribution < 1.29 is 4.74 Å². The smallest absolute Gasteiger partial charge is 0.257 e. The van der Waals surface area contributed by atoms with E-state index in [1.165, 1.54) is 0 Å². The molecule has 1 saturated heterocycles. The van der Waals surface area contributed by atoms with Gasteiger partial charge in [0.05, 0.1) is 6.10 Å². The van der Waals surface area contributed by atoms with E-state index in [-0.39, 0.29) is 6.10 Å². The van der Waals surface area contributed by atoms with Crippen LogP contribution in [0.1, 0.15) is 20.3 Å². The highest BCUT2D eigenvalue weighted by Crippen LogP contribution is 2.27. The average Bonchev–Trinajstić information content (AvgIpc) is 2.96. The Morgan fingerprint density at radius 1 is 1.18 bits per heavy atom. The van der Waals surface area contributed by atoms with Crippen molar-refractivity contribution in [2.24, 2.45) is 0 Å². The number of nitrogens with zero attached hydrogens (tertiary/aromatic N) is 3. The standard InChI is InChI=1S/C17H22N4O/c1-13(2)22-17-16(18-9-10-19-17)21-11-8-15(12-21)20-14-6-4-3-5-7-14/h3-7,9-10,13,15,20H,8,11-12H2,1-2H3. The van der Waals surface area contributed by atoms with E-state index >= 15 is 0 Å². The van der Waals surface area contributed by atoms with Gasteiger partial charge in [-0.15, -0.1) is 0 Å². The number of hydrogen-bond donors (Lipinski definition) is 1. The highest BCUT2D eigenvalue weighted by molar-refractivity contribution is 5.51. The number of nitrogens with one attached hydrogen (secondary N) is 1. The molecule has 3 rings (SSSR count). The quantitative estimate of drug-likeness (QED) is 0.919. The van der Waals surface area contributed by atoms with Crippen LogP contribution in [0.4, 0.5) is 11.5 Å². The zero-order valence-corrected chi connectivity index (χ0v) is 13.1. The summed E-state index contributed by atoms with van der Waals surface area (Å²) >= 11 is 0. The summed E-state index contributed by atoms with van der Waals surface area (Å²) < 4.78 is 5.78. The number of benzene rings is 1. The number of aromatic nitrogens is 2. The summed E-state index contributed by atoms with van der Waals surface area (Å²) in [6.45, 7) is 5.87. The minimum Gasteiger partial charge on any atom is -0.472 e. The number of rotatable bonds is 5. The Morgan fingerprint density at radius 3 is 2.73 bits per heavy atom. The first-order valence-electron chi connectivity index (χ1n) is 7.76. The van der Waals surface area contributed by atoms with E-state index in [2.05, 4.69) is 32.3 Å². The van der Waals surface area contributed by atoms with E-state index in [9.17, 15) is 0 Å². The van der Waals surface area contributed by atoms with Crippen LogP contribution < -0.4 is 15.0 Å². The van der Waals surface area contributed by atoms with E-state index in [1.54, 1.807) is 12.4 Å². The fourth-order valence-electron chi connectivity index (χ4n) is 2.68. The van der Waals surface area contributed by atoms with Gasteiger partial charge in [0.2, 0.25) is 0 Å². The van der Waals surface area contributed by atoms with Gasteiger partial charge < -0.3 is 15.0 Å². The van der Waals surface area contributed by atoms with Gasteiger partial charge in [-0.2, -0.15) is 0 Å². The van der Waals surface area contributed by atoms with Crippen molar-refractivity contribution in [2.75, 3.05) is 23.3 Å². The van der Waals surface area contributed by atoms with Crippen molar-refractivity contribution in [3.05, 3.63) is 42.7 Å². The maximum absolute atomic E-state index is 5.78. The molecule has 2 aromatic rings. The summed E-state index contributed by atoms with van der Waals surface area (Å²) in [5.41, 5.74) is 1.16. The maximum Gasteiger partial charge on any atom is 0.257 e. The SMILES string of the molecule is CC(C)Oc1nccnc1N1CCC(Nc2ccccc2)C1. The Morgan fingerprint density at radius 2 is 1.95 bits per heavy atom. The lowest BCUT2D eigenvalue weighted by atomic mass is 10.2. The lowest BCUT2D eigenvalue weighted by Crippen LogP contribution is -2.27. The van der Waals surface area contributed by atoms with Gasteiger partial charge in [0, 0.05) is 37.2 Å². The van der Waals surface area contributed by atoms with Crippen LogP contribution in [0.3, 0.4) is 0 Å². The summed E-state index contributed by atoms with van der Waals surface area (Å²) in [5, 5.41) is 3.57. The topological polar surface area (TPSA) is 50.3 Å². The Labute approximate surface area is 131 Å². The predicted octanol–water partition coefficient (Wildman–Crippen LogP) is 2.95. The molecule has 1 N–H and O–H groups in total. The van der Waals surface area contributed by atoms with Crippen LogP contribution in [0.15, 0.2) is 42.7 Å². The molecule has 1 aliphatic rings. The molecule has 0 radical (unpaired) electrons. The number of anilines is 2. The zero-order chi connectivity index (χ0) is 15.4. The third-order valence-corrected chi connectivity index (χ3v) is 3.63. The lowest BCUT2D eigenvalue weighted by molar-refractivity contribution is 0.232. The summed E-state index contributed by atoms with van der Waals surface area (Å²) in [6.07, 6.45) is 4.57.